The lowest BCUT2D eigenvalue weighted by Gasteiger charge is -2.34. The first-order valence-electron chi connectivity index (χ1n) is 9.98. The number of amides is 1. The van der Waals surface area contributed by atoms with Gasteiger partial charge in [-0.25, -0.2) is 4.39 Å². The van der Waals surface area contributed by atoms with Crippen molar-refractivity contribution >= 4 is 29.5 Å². The van der Waals surface area contributed by atoms with Crippen molar-refractivity contribution in [3.05, 3.63) is 36.7 Å². The minimum absolute atomic E-state index is 0.00323. The van der Waals surface area contributed by atoms with Gasteiger partial charge < -0.3 is 26.0 Å². The van der Waals surface area contributed by atoms with Crippen molar-refractivity contribution in [1.82, 2.24) is 14.9 Å². The minimum Gasteiger partial charge on any atom is -0.469 e. The summed E-state index contributed by atoms with van der Waals surface area (Å²) in [6, 6.07) is 1.94. The lowest BCUT2D eigenvalue weighted by molar-refractivity contribution is -0.130. The number of hydrogen-bond donors (Lipinski definition) is 3. The number of carbonyl (C=O) groups excluding carboxylic acids is 1. The number of nitrogens with one attached hydrogen (secondary N) is 2. The highest BCUT2D eigenvalue weighted by atomic mass is 19.1. The Kier molecular flexibility index (Phi) is 8.71. The van der Waals surface area contributed by atoms with Gasteiger partial charge in [-0.05, 0) is 19.4 Å². The van der Waals surface area contributed by atoms with Crippen LogP contribution in [0.5, 0.6) is 5.88 Å². The number of aliphatic imine (C=N–C) groups is 1. The molecule has 0 radical (unpaired) electrons. The number of aromatic nitrogens is 2. The zero-order chi connectivity index (χ0) is 23.7. The average Bonchev–Trinajstić information content (AvgIpc) is 2.81. The Hall–Kier alpha value is -3.94. The Bertz CT molecular complexity index is 969. The van der Waals surface area contributed by atoms with E-state index in [1.807, 2.05) is 13.0 Å². The molecule has 170 valence electrons. The van der Waals surface area contributed by atoms with E-state index in [2.05, 4.69) is 38.8 Å². The van der Waals surface area contributed by atoms with Crippen LogP contribution in [0.15, 0.2) is 36.1 Å². The number of likely N-dealkylation sites (tertiary alicyclic amines) is 1. The SMILES string of the molecule is C=CC(=O)N1CCC(F)[C@@H](Oc2nc(NC(C=NCC)=CN)nc(NC)c2C(=C)C#N)C1. The van der Waals surface area contributed by atoms with Gasteiger partial charge in [-0.2, -0.15) is 15.2 Å². The number of rotatable bonds is 9. The molecule has 2 heterocycles. The van der Waals surface area contributed by atoms with Gasteiger partial charge in [0.1, 0.15) is 18.1 Å². The van der Waals surface area contributed by atoms with E-state index in [4.69, 9.17) is 10.5 Å². The summed E-state index contributed by atoms with van der Waals surface area (Å²) in [5.74, 6) is -0.0368. The Morgan fingerprint density at radius 3 is 2.88 bits per heavy atom. The summed E-state index contributed by atoms with van der Waals surface area (Å²) < 4.78 is 20.6. The van der Waals surface area contributed by atoms with Crippen LogP contribution < -0.4 is 21.1 Å². The fourth-order valence-corrected chi connectivity index (χ4v) is 3.00. The summed E-state index contributed by atoms with van der Waals surface area (Å²) in [5.41, 5.74) is 6.28. The van der Waals surface area contributed by atoms with Crippen LogP contribution in [0, 0.1) is 11.3 Å². The van der Waals surface area contributed by atoms with Gasteiger partial charge in [0.25, 0.3) is 0 Å². The molecule has 1 saturated heterocycles. The summed E-state index contributed by atoms with van der Waals surface area (Å²) in [6.45, 7) is 9.87. The second-order valence-electron chi connectivity index (χ2n) is 6.74. The molecule has 4 N–H and O–H groups in total. The molecule has 2 rings (SSSR count). The molecular weight excluding hydrogens is 415 g/mol. The van der Waals surface area contributed by atoms with Crippen LogP contribution in [0.3, 0.4) is 0 Å². The minimum atomic E-state index is -1.34. The van der Waals surface area contributed by atoms with Crippen LogP contribution in [-0.4, -0.2) is 65.9 Å². The standard InChI is InChI=1S/C21H27FN8O2/c1-5-17(31)30-8-7-15(22)16(12-30)32-20-18(13(3)9-23)19(25-4)28-21(29-20)27-14(10-24)11-26-6-2/h5,10-11,15-16H,1,3,6-8,12,24H2,2,4H3,(H2,25,27,28,29)/t15?,16-/m0/s1. The maximum atomic E-state index is 14.7. The number of halogens is 1. The fourth-order valence-electron chi connectivity index (χ4n) is 3.00. The number of piperidine rings is 1. The Morgan fingerprint density at radius 2 is 2.28 bits per heavy atom. The molecule has 11 heteroatoms. The normalized spacial score (nSPS) is 18.7. The molecule has 1 aromatic rings. The maximum Gasteiger partial charge on any atom is 0.246 e. The molecule has 1 unspecified atom stereocenters. The zero-order valence-electron chi connectivity index (χ0n) is 18.1. The van der Waals surface area contributed by atoms with Crippen LogP contribution in [0.4, 0.5) is 16.2 Å². The third kappa shape index (κ3) is 5.81. The first-order chi connectivity index (χ1) is 15.4. The van der Waals surface area contributed by atoms with Crippen LogP contribution >= 0.6 is 0 Å². The third-order valence-electron chi connectivity index (χ3n) is 4.63. The van der Waals surface area contributed by atoms with E-state index in [0.717, 1.165) is 0 Å². The molecule has 0 aromatic carbocycles. The van der Waals surface area contributed by atoms with Crippen molar-refractivity contribution in [1.29, 1.82) is 5.26 Å². The van der Waals surface area contributed by atoms with E-state index in [0.29, 0.717) is 12.2 Å². The molecule has 1 aromatic heterocycles. The average molecular weight is 442 g/mol. The molecule has 1 aliphatic rings. The first-order valence-corrected chi connectivity index (χ1v) is 9.98. The van der Waals surface area contributed by atoms with Crippen molar-refractivity contribution in [2.45, 2.75) is 25.6 Å². The van der Waals surface area contributed by atoms with E-state index in [9.17, 15) is 14.4 Å². The highest BCUT2D eigenvalue weighted by Gasteiger charge is 2.34. The number of ether oxygens (including phenoxy) is 1. The first kappa shape index (κ1) is 24.3. The second kappa shape index (κ2) is 11.5. The van der Waals surface area contributed by atoms with Gasteiger partial charge in [-0.3, -0.25) is 9.79 Å². The monoisotopic (exact) mass is 442 g/mol. The molecule has 0 bridgehead atoms. The number of allylic oxidation sites excluding steroid dienone is 2. The van der Waals surface area contributed by atoms with Crippen molar-refractivity contribution < 1.29 is 13.9 Å². The highest BCUT2D eigenvalue weighted by Crippen LogP contribution is 2.33. The molecule has 1 amide bonds. The van der Waals surface area contributed by atoms with Crippen LogP contribution in [-0.2, 0) is 4.79 Å². The van der Waals surface area contributed by atoms with E-state index < -0.39 is 12.3 Å². The number of nitriles is 1. The Labute approximate surface area is 186 Å². The number of anilines is 2. The largest absolute Gasteiger partial charge is 0.469 e. The number of nitrogens with zero attached hydrogens (tertiary/aromatic N) is 5. The molecule has 2 atom stereocenters. The van der Waals surface area contributed by atoms with Crippen LogP contribution in [0.25, 0.3) is 5.57 Å². The molecule has 10 nitrogen and oxygen atoms in total. The highest BCUT2D eigenvalue weighted by molar-refractivity contribution is 5.87. The molecule has 1 fully saturated rings. The van der Waals surface area contributed by atoms with Crippen molar-refractivity contribution in [3.63, 3.8) is 0 Å². The number of alkyl halides is 1. The lowest BCUT2D eigenvalue weighted by atomic mass is 10.1. The predicted molar refractivity (Wildman–Crippen MR) is 122 cm³/mol. The number of carbonyl (C=O) groups is 1. The summed E-state index contributed by atoms with van der Waals surface area (Å²) in [7, 11) is 1.60. The summed E-state index contributed by atoms with van der Waals surface area (Å²) in [6.07, 6.45) is 1.73. The van der Waals surface area contributed by atoms with Crippen molar-refractivity contribution in [3.8, 4) is 11.9 Å². The molecule has 32 heavy (non-hydrogen) atoms. The molecule has 0 saturated carbocycles. The van der Waals surface area contributed by atoms with Crippen molar-refractivity contribution in [2.24, 2.45) is 10.7 Å². The van der Waals surface area contributed by atoms with Gasteiger partial charge in [0.15, 0.2) is 0 Å². The van der Waals surface area contributed by atoms with Gasteiger partial charge in [-0.15, -0.1) is 0 Å². The van der Waals surface area contributed by atoms with Gasteiger partial charge in [0, 0.05) is 32.6 Å². The van der Waals surface area contributed by atoms with E-state index >= 15 is 0 Å². The molecular formula is C21H27FN8O2. The smallest absolute Gasteiger partial charge is 0.246 e. The Balaban J connectivity index is 2.46. The molecule has 0 spiro atoms. The summed E-state index contributed by atoms with van der Waals surface area (Å²) in [4.78, 5) is 26.2. The predicted octanol–water partition coefficient (Wildman–Crippen LogP) is 1.86. The van der Waals surface area contributed by atoms with Crippen molar-refractivity contribution in [2.75, 3.05) is 37.3 Å². The van der Waals surface area contributed by atoms with Crippen LogP contribution in [0.2, 0.25) is 0 Å². The summed E-state index contributed by atoms with van der Waals surface area (Å²) >= 11 is 0. The van der Waals surface area contributed by atoms with Gasteiger partial charge in [0.05, 0.1) is 29.4 Å². The third-order valence-corrected chi connectivity index (χ3v) is 4.63. The quantitative estimate of drug-likeness (QED) is 0.299. The number of nitrogens with two attached hydrogens (primary N) is 1. The summed E-state index contributed by atoms with van der Waals surface area (Å²) in [5, 5.41) is 15.2. The Morgan fingerprint density at radius 1 is 1.53 bits per heavy atom. The van der Waals surface area contributed by atoms with E-state index in [1.165, 1.54) is 23.4 Å². The maximum absolute atomic E-state index is 14.7. The van der Waals surface area contributed by atoms with Gasteiger partial charge in [-0.1, -0.05) is 13.2 Å². The van der Waals surface area contributed by atoms with Gasteiger partial charge in [0.2, 0.25) is 17.7 Å². The fraction of sp³-hybridized carbons (Fsp3) is 0.381. The number of hydrogen-bond acceptors (Lipinski definition) is 9. The zero-order valence-corrected chi connectivity index (χ0v) is 18.1. The lowest BCUT2D eigenvalue weighted by Crippen LogP contribution is -2.49. The van der Waals surface area contributed by atoms with Crippen LogP contribution in [0.1, 0.15) is 18.9 Å². The van der Waals surface area contributed by atoms with E-state index in [-0.39, 0.29) is 54.2 Å². The molecule has 0 aliphatic carbocycles. The second-order valence-corrected chi connectivity index (χ2v) is 6.74. The van der Waals surface area contributed by atoms with E-state index in [1.54, 1.807) is 7.05 Å². The topological polar surface area (TPSA) is 142 Å². The van der Waals surface area contributed by atoms with Gasteiger partial charge >= 0.3 is 0 Å². The molecule has 1 aliphatic heterocycles.